The summed E-state index contributed by atoms with van der Waals surface area (Å²) in [5.74, 6) is 0.0285. The Kier molecular flexibility index (Phi) is 3.67. The molecule has 0 amide bonds. The summed E-state index contributed by atoms with van der Waals surface area (Å²) in [5, 5.41) is 11.2. The molecule has 0 aromatic heterocycles. The number of amidine groups is 1. The third-order valence-corrected chi connectivity index (χ3v) is 2.74. The smallest absolute Gasteiger partial charge is 0.409 e. The SMILES string of the molecule is CC(OCC1(CC(N)=NO)CC1)C(F)(F)F. The number of ether oxygens (including phenoxy) is 1. The number of halogens is 3. The van der Waals surface area contributed by atoms with E-state index in [-0.39, 0.29) is 24.3 Å². The van der Waals surface area contributed by atoms with Crippen LogP contribution in [0.5, 0.6) is 0 Å². The van der Waals surface area contributed by atoms with Crippen molar-refractivity contribution >= 4 is 5.84 Å². The molecule has 1 rings (SSSR count). The summed E-state index contributed by atoms with van der Waals surface area (Å²) in [6, 6.07) is 0. The average Bonchev–Trinajstić information content (AvgIpc) is 2.93. The molecule has 16 heavy (non-hydrogen) atoms. The second-order valence-electron chi connectivity index (χ2n) is 4.26. The summed E-state index contributed by atoms with van der Waals surface area (Å²) in [5.41, 5.74) is 4.95. The Labute approximate surface area is 91.2 Å². The standard InChI is InChI=1S/C9H15F3N2O2/c1-6(9(10,11)12)16-5-8(2-3-8)4-7(13)14-15/h6,15H,2-5H2,1H3,(H2,13,14). The van der Waals surface area contributed by atoms with Crippen LogP contribution in [-0.4, -0.2) is 29.9 Å². The minimum atomic E-state index is -4.34. The zero-order valence-electron chi connectivity index (χ0n) is 8.92. The zero-order valence-corrected chi connectivity index (χ0v) is 8.92. The predicted molar refractivity (Wildman–Crippen MR) is 51.2 cm³/mol. The van der Waals surface area contributed by atoms with Crippen LogP contribution < -0.4 is 5.73 Å². The summed E-state index contributed by atoms with van der Waals surface area (Å²) in [6.07, 6.45) is -4.36. The van der Waals surface area contributed by atoms with E-state index in [4.69, 9.17) is 15.7 Å². The van der Waals surface area contributed by atoms with E-state index >= 15 is 0 Å². The second kappa shape index (κ2) is 4.48. The fourth-order valence-corrected chi connectivity index (χ4v) is 1.36. The molecule has 0 aliphatic heterocycles. The van der Waals surface area contributed by atoms with Crippen molar-refractivity contribution in [1.82, 2.24) is 0 Å². The quantitative estimate of drug-likeness (QED) is 0.333. The molecular weight excluding hydrogens is 225 g/mol. The molecule has 0 saturated heterocycles. The maximum atomic E-state index is 12.2. The Morgan fingerprint density at radius 3 is 2.50 bits per heavy atom. The van der Waals surface area contributed by atoms with Crippen molar-refractivity contribution in [3.63, 3.8) is 0 Å². The van der Waals surface area contributed by atoms with Gasteiger partial charge < -0.3 is 15.7 Å². The van der Waals surface area contributed by atoms with Crippen molar-refractivity contribution in [3.05, 3.63) is 0 Å². The van der Waals surface area contributed by atoms with Crippen molar-refractivity contribution in [2.24, 2.45) is 16.3 Å². The average molecular weight is 240 g/mol. The van der Waals surface area contributed by atoms with Crippen LogP contribution in [0.15, 0.2) is 5.16 Å². The van der Waals surface area contributed by atoms with E-state index in [0.29, 0.717) is 0 Å². The van der Waals surface area contributed by atoms with E-state index in [1.54, 1.807) is 0 Å². The first-order valence-electron chi connectivity index (χ1n) is 4.94. The number of hydrogen-bond acceptors (Lipinski definition) is 3. The topological polar surface area (TPSA) is 67.8 Å². The molecule has 7 heteroatoms. The van der Waals surface area contributed by atoms with Crippen LogP contribution in [0.4, 0.5) is 13.2 Å². The molecular formula is C9H15F3N2O2. The molecule has 1 fully saturated rings. The Morgan fingerprint density at radius 2 is 2.12 bits per heavy atom. The Morgan fingerprint density at radius 1 is 1.56 bits per heavy atom. The van der Waals surface area contributed by atoms with Crippen molar-refractivity contribution in [2.45, 2.75) is 38.5 Å². The normalized spacial score (nSPS) is 21.9. The summed E-state index contributed by atoms with van der Waals surface area (Å²) < 4.78 is 41.2. The highest BCUT2D eigenvalue weighted by molar-refractivity contribution is 5.80. The number of alkyl halides is 3. The van der Waals surface area contributed by atoms with Crippen molar-refractivity contribution < 1.29 is 23.1 Å². The van der Waals surface area contributed by atoms with Crippen molar-refractivity contribution in [1.29, 1.82) is 0 Å². The van der Waals surface area contributed by atoms with Crippen LogP contribution in [0.25, 0.3) is 0 Å². The molecule has 0 aromatic rings. The summed E-state index contributed by atoms with van der Waals surface area (Å²) in [6.45, 7) is 0.962. The number of rotatable bonds is 5. The van der Waals surface area contributed by atoms with Gasteiger partial charge in [0.05, 0.1) is 6.61 Å². The fraction of sp³-hybridized carbons (Fsp3) is 0.889. The molecule has 1 unspecified atom stereocenters. The van der Waals surface area contributed by atoms with Gasteiger partial charge in [-0.2, -0.15) is 13.2 Å². The highest BCUT2D eigenvalue weighted by Gasteiger charge is 2.46. The third-order valence-electron chi connectivity index (χ3n) is 2.74. The lowest BCUT2D eigenvalue weighted by atomic mass is 10.0. The van der Waals surface area contributed by atoms with Gasteiger partial charge in [0.2, 0.25) is 0 Å². The molecule has 3 N–H and O–H groups in total. The third kappa shape index (κ3) is 3.55. The van der Waals surface area contributed by atoms with E-state index in [2.05, 4.69) is 5.16 Å². The fourth-order valence-electron chi connectivity index (χ4n) is 1.36. The number of nitrogens with two attached hydrogens (primary N) is 1. The van der Waals surface area contributed by atoms with E-state index in [1.807, 2.05) is 0 Å². The minimum Gasteiger partial charge on any atom is -0.409 e. The second-order valence-corrected chi connectivity index (χ2v) is 4.26. The van der Waals surface area contributed by atoms with Crippen molar-refractivity contribution in [2.75, 3.05) is 6.61 Å². The summed E-state index contributed by atoms with van der Waals surface area (Å²) in [4.78, 5) is 0. The number of hydrogen-bond donors (Lipinski definition) is 2. The van der Waals surface area contributed by atoms with Crippen LogP contribution in [0.3, 0.4) is 0 Å². The molecule has 0 bridgehead atoms. The number of oxime groups is 1. The van der Waals surface area contributed by atoms with Gasteiger partial charge >= 0.3 is 6.18 Å². The van der Waals surface area contributed by atoms with Crippen LogP contribution in [0.1, 0.15) is 26.2 Å². The lowest BCUT2D eigenvalue weighted by Gasteiger charge is -2.20. The Hall–Kier alpha value is -0.980. The monoisotopic (exact) mass is 240 g/mol. The van der Waals surface area contributed by atoms with Crippen LogP contribution >= 0.6 is 0 Å². The molecule has 1 aliphatic rings. The Bertz CT molecular complexity index is 274. The summed E-state index contributed by atoms with van der Waals surface area (Å²) in [7, 11) is 0. The zero-order chi connectivity index (χ0) is 12.4. The van der Waals surface area contributed by atoms with E-state index in [0.717, 1.165) is 19.8 Å². The first-order chi connectivity index (χ1) is 7.29. The number of nitrogens with zero attached hydrogens (tertiary/aromatic N) is 1. The maximum Gasteiger partial charge on any atom is 0.414 e. The molecule has 1 aliphatic carbocycles. The summed E-state index contributed by atoms with van der Waals surface area (Å²) >= 11 is 0. The first-order valence-corrected chi connectivity index (χ1v) is 4.94. The van der Waals surface area contributed by atoms with Gasteiger partial charge in [0.1, 0.15) is 5.84 Å². The predicted octanol–water partition coefficient (Wildman–Crippen LogP) is 1.87. The lowest BCUT2D eigenvalue weighted by Crippen LogP contribution is -2.31. The minimum absolute atomic E-state index is 0.0100. The molecule has 0 radical (unpaired) electrons. The molecule has 1 saturated carbocycles. The largest absolute Gasteiger partial charge is 0.414 e. The highest BCUT2D eigenvalue weighted by atomic mass is 19.4. The van der Waals surface area contributed by atoms with Gasteiger partial charge in [0.25, 0.3) is 0 Å². The van der Waals surface area contributed by atoms with E-state index < -0.39 is 12.3 Å². The van der Waals surface area contributed by atoms with Gasteiger partial charge in [-0.05, 0) is 19.8 Å². The molecule has 0 heterocycles. The van der Waals surface area contributed by atoms with Gasteiger partial charge in [0, 0.05) is 11.8 Å². The van der Waals surface area contributed by atoms with E-state index in [1.165, 1.54) is 0 Å². The first kappa shape index (κ1) is 13.1. The van der Waals surface area contributed by atoms with Crippen LogP contribution in [0.2, 0.25) is 0 Å². The van der Waals surface area contributed by atoms with Crippen LogP contribution in [-0.2, 0) is 4.74 Å². The van der Waals surface area contributed by atoms with Gasteiger partial charge in [-0.3, -0.25) is 0 Å². The molecule has 94 valence electrons. The highest BCUT2D eigenvalue weighted by Crippen LogP contribution is 2.49. The molecule has 0 aromatic carbocycles. The maximum absolute atomic E-state index is 12.2. The molecule has 0 spiro atoms. The van der Waals surface area contributed by atoms with Crippen LogP contribution in [0, 0.1) is 5.41 Å². The molecule has 1 atom stereocenters. The van der Waals surface area contributed by atoms with Gasteiger partial charge in [-0.25, -0.2) is 0 Å². The van der Waals surface area contributed by atoms with Crippen molar-refractivity contribution in [3.8, 4) is 0 Å². The van der Waals surface area contributed by atoms with Gasteiger partial charge in [-0.1, -0.05) is 5.16 Å². The van der Waals surface area contributed by atoms with E-state index in [9.17, 15) is 13.2 Å². The Balaban J connectivity index is 2.38. The lowest BCUT2D eigenvalue weighted by molar-refractivity contribution is -0.217. The van der Waals surface area contributed by atoms with Gasteiger partial charge in [0.15, 0.2) is 6.10 Å². The van der Waals surface area contributed by atoms with Gasteiger partial charge in [-0.15, -0.1) is 0 Å². The molecule has 4 nitrogen and oxygen atoms in total.